The van der Waals surface area contributed by atoms with Crippen LogP contribution in [0.2, 0.25) is 10.0 Å². The second-order valence-electron chi connectivity index (χ2n) is 9.16. The van der Waals surface area contributed by atoms with Crippen LogP contribution in [0.1, 0.15) is 24.0 Å². The maximum absolute atomic E-state index is 13.4. The number of ether oxygens (including phenoxy) is 1. The molecule has 0 atom stereocenters. The molecule has 0 spiro atoms. The smallest absolute Gasteiger partial charge is 0.331 e. The van der Waals surface area contributed by atoms with Crippen molar-refractivity contribution in [3.8, 4) is 5.75 Å². The van der Waals surface area contributed by atoms with Gasteiger partial charge in [-0.3, -0.25) is 23.5 Å². The lowest BCUT2D eigenvalue weighted by Crippen LogP contribution is -2.42. The molecule has 0 saturated heterocycles. The average molecular weight is 583 g/mol. The molecular formula is C29H28Cl2N4O5. The molecule has 208 valence electrons. The van der Waals surface area contributed by atoms with Gasteiger partial charge in [-0.05, 0) is 48.7 Å². The first-order valence-corrected chi connectivity index (χ1v) is 13.3. The quantitative estimate of drug-likeness (QED) is 0.285. The van der Waals surface area contributed by atoms with Crippen molar-refractivity contribution in [2.45, 2.75) is 39.4 Å². The van der Waals surface area contributed by atoms with E-state index in [2.05, 4.69) is 10.6 Å². The van der Waals surface area contributed by atoms with Gasteiger partial charge in [0.25, 0.3) is 5.56 Å². The predicted molar refractivity (Wildman–Crippen MR) is 156 cm³/mol. The lowest BCUT2D eigenvalue weighted by molar-refractivity contribution is -0.121. The van der Waals surface area contributed by atoms with Crippen molar-refractivity contribution >= 4 is 51.6 Å². The number of anilines is 1. The highest BCUT2D eigenvalue weighted by Crippen LogP contribution is 2.31. The van der Waals surface area contributed by atoms with Crippen LogP contribution in [0.3, 0.4) is 0 Å². The van der Waals surface area contributed by atoms with Gasteiger partial charge in [-0.1, -0.05) is 53.5 Å². The Morgan fingerprint density at radius 2 is 1.65 bits per heavy atom. The van der Waals surface area contributed by atoms with Crippen LogP contribution < -0.4 is 26.6 Å². The van der Waals surface area contributed by atoms with Gasteiger partial charge in [-0.25, -0.2) is 4.79 Å². The minimum Gasteiger partial charge on any atom is -0.495 e. The van der Waals surface area contributed by atoms with E-state index in [-0.39, 0.29) is 43.8 Å². The van der Waals surface area contributed by atoms with Crippen LogP contribution in [0.4, 0.5) is 5.69 Å². The van der Waals surface area contributed by atoms with Gasteiger partial charge in [0.1, 0.15) is 12.3 Å². The minimum absolute atomic E-state index is 0.00777. The summed E-state index contributed by atoms with van der Waals surface area (Å²) < 4.78 is 7.63. The molecule has 0 aliphatic heterocycles. The van der Waals surface area contributed by atoms with Gasteiger partial charge >= 0.3 is 5.69 Å². The van der Waals surface area contributed by atoms with E-state index in [0.29, 0.717) is 27.0 Å². The van der Waals surface area contributed by atoms with Gasteiger partial charge in [0.15, 0.2) is 0 Å². The Balaban J connectivity index is 1.51. The average Bonchev–Trinajstić information content (AvgIpc) is 2.94. The lowest BCUT2D eigenvalue weighted by Gasteiger charge is -2.15. The number of benzene rings is 3. The Hall–Kier alpha value is -4.08. The highest BCUT2D eigenvalue weighted by atomic mass is 35.5. The van der Waals surface area contributed by atoms with Crippen molar-refractivity contribution < 1.29 is 14.3 Å². The molecule has 0 unspecified atom stereocenters. The normalized spacial score (nSPS) is 10.9. The van der Waals surface area contributed by atoms with E-state index >= 15 is 0 Å². The summed E-state index contributed by atoms with van der Waals surface area (Å²) >= 11 is 12.3. The van der Waals surface area contributed by atoms with Crippen LogP contribution in [-0.4, -0.2) is 28.1 Å². The number of aromatic nitrogens is 2. The molecule has 0 fully saturated rings. The number of amides is 2. The Morgan fingerprint density at radius 3 is 2.40 bits per heavy atom. The van der Waals surface area contributed by atoms with Crippen LogP contribution in [0.5, 0.6) is 5.75 Å². The Labute approximate surface area is 240 Å². The van der Waals surface area contributed by atoms with Gasteiger partial charge in [0, 0.05) is 35.6 Å². The van der Waals surface area contributed by atoms with Crippen molar-refractivity contribution in [1.29, 1.82) is 0 Å². The number of carbonyl (C=O) groups is 2. The van der Waals surface area contributed by atoms with E-state index in [0.717, 1.165) is 15.7 Å². The van der Waals surface area contributed by atoms with Gasteiger partial charge in [0.05, 0.1) is 23.7 Å². The van der Waals surface area contributed by atoms with Crippen LogP contribution in [0.15, 0.2) is 70.3 Å². The lowest BCUT2D eigenvalue weighted by atomic mass is 10.2. The minimum atomic E-state index is -0.644. The molecule has 40 heavy (non-hydrogen) atoms. The predicted octanol–water partition coefficient (Wildman–Crippen LogP) is 4.52. The number of nitrogens with zero attached hydrogens (tertiary/aromatic N) is 2. The summed E-state index contributed by atoms with van der Waals surface area (Å²) in [6.45, 7) is 1.73. The topological polar surface area (TPSA) is 111 Å². The third kappa shape index (κ3) is 6.55. The Bertz CT molecular complexity index is 1700. The molecule has 0 saturated carbocycles. The third-order valence-corrected chi connectivity index (χ3v) is 7.18. The fraction of sp³-hybridized carbons (Fsp3) is 0.241. The standard InChI is InChI=1S/C29H28Cl2N4O5/c1-18-14-23(25(40-2)15-22(18)31)33-27(37)17-35-24-11-6-4-9-20(24)28(38)34(29(35)39)13-7-12-26(36)32-16-19-8-3-5-10-21(19)30/h3-6,8-11,14-15H,7,12-13,16-17H2,1-2H3,(H,32,36)(H,33,37). The summed E-state index contributed by atoms with van der Waals surface area (Å²) in [6.07, 6.45) is 0.342. The number of hydrogen-bond acceptors (Lipinski definition) is 5. The van der Waals surface area contributed by atoms with Gasteiger partial charge in [-0.2, -0.15) is 0 Å². The van der Waals surface area contributed by atoms with Crippen molar-refractivity contribution in [3.63, 3.8) is 0 Å². The molecule has 1 heterocycles. The molecule has 11 heteroatoms. The van der Waals surface area contributed by atoms with Crippen molar-refractivity contribution in [3.05, 3.63) is 103 Å². The first-order valence-electron chi connectivity index (χ1n) is 12.6. The highest BCUT2D eigenvalue weighted by Gasteiger charge is 2.17. The summed E-state index contributed by atoms with van der Waals surface area (Å²) in [4.78, 5) is 52.0. The van der Waals surface area contributed by atoms with Crippen LogP contribution >= 0.6 is 23.2 Å². The second-order valence-corrected chi connectivity index (χ2v) is 9.98. The molecule has 0 bridgehead atoms. The number of nitrogens with one attached hydrogen (secondary N) is 2. The largest absolute Gasteiger partial charge is 0.495 e. The molecule has 3 aromatic carbocycles. The number of carbonyl (C=O) groups excluding carboxylic acids is 2. The van der Waals surface area contributed by atoms with Crippen molar-refractivity contribution in [1.82, 2.24) is 14.5 Å². The molecule has 2 N–H and O–H groups in total. The maximum atomic E-state index is 13.4. The second kappa shape index (κ2) is 12.8. The number of aryl methyl sites for hydroxylation is 1. The SMILES string of the molecule is COc1cc(Cl)c(C)cc1NC(=O)Cn1c(=O)n(CCCC(=O)NCc2ccccc2Cl)c(=O)c2ccccc21. The fourth-order valence-electron chi connectivity index (χ4n) is 4.31. The summed E-state index contributed by atoms with van der Waals surface area (Å²) in [5.74, 6) is -0.351. The summed E-state index contributed by atoms with van der Waals surface area (Å²) in [5, 5.41) is 6.89. The van der Waals surface area contributed by atoms with E-state index in [1.807, 2.05) is 12.1 Å². The van der Waals surface area contributed by atoms with Crippen LogP contribution in [-0.2, 0) is 29.2 Å². The number of hydrogen-bond donors (Lipinski definition) is 2. The van der Waals surface area contributed by atoms with Crippen LogP contribution in [0.25, 0.3) is 10.9 Å². The van der Waals surface area contributed by atoms with E-state index < -0.39 is 17.2 Å². The monoisotopic (exact) mass is 582 g/mol. The zero-order chi connectivity index (χ0) is 28.8. The van der Waals surface area contributed by atoms with Gasteiger partial charge in [-0.15, -0.1) is 0 Å². The fourth-order valence-corrected chi connectivity index (χ4v) is 4.66. The molecule has 2 amide bonds. The number of halogens is 2. The first-order chi connectivity index (χ1) is 19.2. The molecule has 0 aliphatic rings. The molecule has 9 nitrogen and oxygen atoms in total. The molecule has 4 aromatic rings. The Kier molecular flexibility index (Phi) is 9.29. The van der Waals surface area contributed by atoms with Gasteiger partial charge < -0.3 is 15.4 Å². The zero-order valence-electron chi connectivity index (χ0n) is 22.0. The number of rotatable bonds is 10. The highest BCUT2D eigenvalue weighted by molar-refractivity contribution is 6.31. The molecular weight excluding hydrogens is 555 g/mol. The first kappa shape index (κ1) is 28.9. The number of methoxy groups -OCH3 is 1. The molecule has 0 aliphatic carbocycles. The van der Waals surface area contributed by atoms with E-state index in [4.69, 9.17) is 27.9 Å². The van der Waals surface area contributed by atoms with E-state index in [1.165, 1.54) is 11.7 Å². The summed E-state index contributed by atoms with van der Waals surface area (Å²) in [6, 6.07) is 17.1. The van der Waals surface area contributed by atoms with E-state index in [1.54, 1.807) is 55.5 Å². The van der Waals surface area contributed by atoms with Crippen molar-refractivity contribution in [2.24, 2.45) is 0 Å². The van der Waals surface area contributed by atoms with Crippen LogP contribution in [0, 0.1) is 6.92 Å². The summed E-state index contributed by atoms with van der Waals surface area (Å²) in [7, 11) is 1.46. The maximum Gasteiger partial charge on any atom is 0.331 e. The molecule has 1 aromatic heterocycles. The zero-order valence-corrected chi connectivity index (χ0v) is 23.5. The Morgan fingerprint density at radius 1 is 0.925 bits per heavy atom. The third-order valence-electron chi connectivity index (χ3n) is 6.41. The molecule has 4 rings (SSSR count). The van der Waals surface area contributed by atoms with Gasteiger partial charge in [0.2, 0.25) is 11.8 Å². The number of para-hydroxylation sites is 1. The van der Waals surface area contributed by atoms with E-state index in [9.17, 15) is 19.2 Å². The summed E-state index contributed by atoms with van der Waals surface area (Å²) in [5.41, 5.74) is 1.14. The molecule has 0 radical (unpaired) electrons. The number of fused-ring (bicyclic) bond motifs is 1. The van der Waals surface area contributed by atoms with Crippen molar-refractivity contribution in [2.75, 3.05) is 12.4 Å².